The molecule has 1 aromatic heterocycles. The molecule has 2 saturated heterocycles. The third-order valence-electron chi connectivity index (χ3n) is 9.17. The van der Waals surface area contributed by atoms with Crippen LogP contribution in [-0.4, -0.2) is 71.9 Å². The molecule has 35 heavy (non-hydrogen) atoms. The molecule has 3 aliphatic carbocycles. The first-order valence-electron chi connectivity index (χ1n) is 12.9. The third-order valence-corrected chi connectivity index (χ3v) is 10.3. The number of sulfone groups is 1. The number of amides is 2. The molecule has 186 valence electrons. The van der Waals surface area contributed by atoms with Crippen molar-refractivity contribution in [2.75, 3.05) is 32.4 Å². The zero-order valence-corrected chi connectivity index (χ0v) is 21.1. The summed E-state index contributed by atoms with van der Waals surface area (Å²) in [6.45, 7) is 3.56. The van der Waals surface area contributed by atoms with Crippen LogP contribution in [0.5, 0.6) is 0 Å². The number of aromatic amines is 1. The standard InChI is InChI=1S/C26H33N5O3S/c1-35(33,34)21-6-2-17(3-7-21)8-18-9-25(10-18)13-30(14-25)24(32)31-15-26(16-31)11-20(12-26)23-27-22(28-29-23)19-4-5-19/h2-3,6-7,18-20H,4-5,8-16H2,1H3,(H,27,28,29). The number of aromatic nitrogens is 3. The van der Waals surface area contributed by atoms with Gasteiger partial charge in [0.25, 0.3) is 0 Å². The number of hydrogen-bond acceptors (Lipinski definition) is 5. The SMILES string of the molecule is CS(=O)(=O)c1ccc(CC2CC3(C2)CN(C(=O)N2CC4(CC(c5n[nH]c(C6CC6)n5)C4)C2)C3)cc1. The number of H-pyrrole nitrogens is 1. The second kappa shape index (κ2) is 7.31. The van der Waals surface area contributed by atoms with Crippen molar-refractivity contribution >= 4 is 15.9 Å². The molecule has 7 rings (SSSR count). The maximum absolute atomic E-state index is 13.0. The average molecular weight is 496 g/mol. The molecule has 1 aromatic carbocycles. The molecule has 2 aromatic rings. The summed E-state index contributed by atoms with van der Waals surface area (Å²) in [5, 5.41) is 7.58. The van der Waals surface area contributed by atoms with Crippen LogP contribution in [0.1, 0.15) is 67.6 Å². The number of rotatable bonds is 5. The van der Waals surface area contributed by atoms with Gasteiger partial charge in [-0.1, -0.05) is 12.1 Å². The fourth-order valence-electron chi connectivity index (χ4n) is 7.21. The maximum Gasteiger partial charge on any atom is 0.320 e. The van der Waals surface area contributed by atoms with Gasteiger partial charge >= 0.3 is 6.03 Å². The van der Waals surface area contributed by atoms with Gasteiger partial charge in [-0.15, -0.1) is 0 Å². The van der Waals surface area contributed by atoms with E-state index in [1.165, 1.54) is 24.7 Å². The first-order valence-corrected chi connectivity index (χ1v) is 14.8. The molecule has 0 atom stereocenters. The molecule has 3 heterocycles. The minimum Gasteiger partial charge on any atom is -0.323 e. The maximum atomic E-state index is 13.0. The lowest BCUT2D eigenvalue weighted by Gasteiger charge is -2.63. The molecule has 0 bridgehead atoms. The predicted octanol–water partition coefficient (Wildman–Crippen LogP) is 3.34. The van der Waals surface area contributed by atoms with E-state index in [1.807, 2.05) is 21.9 Å². The third kappa shape index (κ3) is 3.77. The normalized spacial score (nSPS) is 25.2. The van der Waals surface area contributed by atoms with Crippen LogP contribution in [0.3, 0.4) is 0 Å². The summed E-state index contributed by atoms with van der Waals surface area (Å²) >= 11 is 0. The number of likely N-dealkylation sites (tertiary alicyclic amines) is 2. The van der Waals surface area contributed by atoms with Crippen molar-refractivity contribution in [3.8, 4) is 0 Å². The first kappa shape index (κ1) is 21.8. The summed E-state index contributed by atoms with van der Waals surface area (Å²) in [7, 11) is -3.14. The number of hydrogen-bond donors (Lipinski definition) is 1. The summed E-state index contributed by atoms with van der Waals surface area (Å²) in [5.74, 6) is 3.75. The Bertz CT molecular complexity index is 1250. The summed E-state index contributed by atoms with van der Waals surface area (Å²) in [6.07, 6.45) is 9.24. The summed E-state index contributed by atoms with van der Waals surface area (Å²) in [4.78, 5) is 22.1. The molecule has 0 unspecified atom stereocenters. The van der Waals surface area contributed by atoms with Gasteiger partial charge in [0.05, 0.1) is 4.90 Å². The molecular formula is C26H33N5O3S. The molecule has 9 heteroatoms. The molecule has 2 amide bonds. The Morgan fingerprint density at radius 2 is 1.57 bits per heavy atom. The van der Waals surface area contributed by atoms with E-state index in [0.29, 0.717) is 33.5 Å². The van der Waals surface area contributed by atoms with Crippen LogP contribution in [0.4, 0.5) is 4.79 Å². The van der Waals surface area contributed by atoms with Gasteiger partial charge in [-0.25, -0.2) is 18.2 Å². The van der Waals surface area contributed by atoms with Crippen molar-refractivity contribution < 1.29 is 13.2 Å². The highest BCUT2D eigenvalue weighted by atomic mass is 32.2. The Morgan fingerprint density at radius 3 is 2.14 bits per heavy atom. The Labute approximate surface area is 206 Å². The lowest BCUT2D eigenvalue weighted by molar-refractivity contribution is -0.100. The molecule has 1 N–H and O–H groups in total. The van der Waals surface area contributed by atoms with E-state index in [0.717, 1.165) is 69.9 Å². The van der Waals surface area contributed by atoms with E-state index in [9.17, 15) is 13.2 Å². The van der Waals surface area contributed by atoms with Crippen LogP contribution >= 0.6 is 0 Å². The van der Waals surface area contributed by atoms with Gasteiger partial charge in [-0.3, -0.25) is 5.10 Å². The Balaban J connectivity index is 0.844. The molecule has 3 saturated carbocycles. The number of carbonyl (C=O) groups is 1. The number of nitrogens with one attached hydrogen (secondary N) is 1. The van der Waals surface area contributed by atoms with Gasteiger partial charge in [0.15, 0.2) is 15.7 Å². The van der Waals surface area contributed by atoms with Crippen molar-refractivity contribution in [2.24, 2.45) is 16.7 Å². The van der Waals surface area contributed by atoms with E-state index < -0.39 is 9.84 Å². The number of nitrogens with zero attached hydrogens (tertiary/aromatic N) is 4. The van der Waals surface area contributed by atoms with Gasteiger partial charge in [0.1, 0.15) is 5.82 Å². The molecule has 2 spiro atoms. The largest absolute Gasteiger partial charge is 0.323 e. The minimum atomic E-state index is -3.14. The smallest absolute Gasteiger partial charge is 0.320 e. The van der Waals surface area contributed by atoms with Crippen molar-refractivity contribution in [3.05, 3.63) is 41.5 Å². The molecule has 5 aliphatic rings. The van der Waals surface area contributed by atoms with Crippen LogP contribution in [0.25, 0.3) is 0 Å². The topological polar surface area (TPSA) is 99.3 Å². The van der Waals surface area contributed by atoms with Crippen LogP contribution in [0, 0.1) is 16.7 Å². The second-order valence-electron chi connectivity index (χ2n) is 12.3. The Hall–Kier alpha value is -2.42. The highest BCUT2D eigenvalue weighted by Gasteiger charge is 2.58. The second-order valence-corrected chi connectivity index (χ2v) is 14.4. The fourth-order valence-corrected chi connectivity index (χ4v) is 7.84. The minimum absolute atomic E-state index is 0.221. The number of carbonyl (C=O) groups excluding carboxylic acids is 1. The number of urea groups is 1. The lowest BCUT2D eigenvalue weighted by atomic mass is 9.56. The van der Waals surface area contributed by atoms with Crippen molar-refractivity contribution in [1.82, 2.24) is 25.0 Å². The van der Waals surface area contributed by atoms with E-state index in [4.69, 9.17) is 4.98 Å². The van der Waals surface area contributed by atoms with Gasteiger partial charge in [-0.2, -0.15) is 5.10 Å². The van der Waals surface area contributed by atoms with Gasteiger partial charge < -0.3 is 9.80 Å². The zero-order valence-electron chi connectivity index (χ0n) is 20.2. The van der Waals surface area contributed by atoms with Crippen molar-refractivity contribution in [1.29, 1.82) is 0 Å². The molecule has 2 aliphatic heterocycles. The average Bonchev–Trinajstić information content (AvgIpc) is 3.44. The molecule has 0 radical (unpaired) electrons. The van der Waals surface area contributed by atoms with E-state index >= 15 is 0 Å². The van der Waals surface area contributed by atoms with Crippen LogP contribution in [0.15, 0.2) is 29.2 Å². The highest BCUT2D eigenvalue weighted by Crippen LogP contribution is 2.57. The van der Waals surface area contributed by atoms with E-state index in [1.54, 1.807) is 12.1 Å². The van der Waals surface area contributed by atoms with Gasteiger partial charge in [0, 0.05) is 55.1 Å². The van der Waals surface area contributed by atoms with E-state index in [2.05, 4.69) is 10.2 Å². The number of benzene rings is 1. The van der Waals surface area contributed by atoms with Crippen LogP contribution in [-0.2, 0) is 16.3 Å². The van der Waals surface area contributed by atoms with Crippen molar-refractivity contribution in [2.45, 2.75) is 61.7 Å². The monoisotopic (exact) mass is 495 g/mol. The van der Waals surface area contributed by atoms with Crippen LogP contribution < -0.4 is 0 Å². The van der Waals surface area contributed by atoms with Crippen LogP contribution in [0.2, 0.25) is 0 Å². The highest BCUT2D eigenvalue weighted by molar-refractivity contribution is 7.90. The first-order chi connectivity index (χ1) is 16.7. The predicted molar refractivity (Wildman–Crippen MR) is 130 cm³/mol. The summed E-state index contributed by atoms with van der Waals surface area (Å²) < 4.78 is 23.3. The molecular weight excluding hydrogens is 462 g/mol. The fraction of sp³-hybridized carbons (Fsp3) is 0.654. The Kier molecular flexibility index (Phi) is 4.56. The van der Waals surface area contributed by atoms with Gasteiger partial charge in [0.2, 0.25) is 0 Å². The Morgan fingerprint density at radius 1 is 0.971 bits per heavy atom. The van der Waals surface area contributed by atoms with Gasteiger partial charge in [-0.05, 0) is 68.6 Å². The van der Waals surface area contributed by atoms with Crippen molar-refractivity contribution in [3.63, 3.8) is 0 Å². The zero-order chi connectivity index (χ0) is 24.0. The summed E-state index contributed by atoms with van der Waals surface area (Å²) in [6, 6.07) is 7.53. The quantitative estimate of drug-likeness (QED) is 0.686. The molecule has 5 fully saturated rings. The molecule has 8 nitrogen and oxygen atoms in total. The lowest BCUT2D eigenvalue weighted by Crippen LogP contribution is -2.70. The summed E-state index contributed by atoms with van der Waals surface area (Å²) in [5.41, 5.74) is 1.82. The van der Waals surface area contributed by atoms with E-state index in [-0.39, 0.29) is 6.03 Å².